The first-order valence-corrected chi connectivity index (χ1v) is 6.24. The van der Waals surface area contributed by atoms with Crippen LogP contribution in [0.15, 0.2) is 4.90 Å². The quantitative estimate of drug-likeness (QED) is 0.622. The fourth-order valence-electron chi connectivity index (χ4n) is 0.771. The number of halogens is 4. The van der Waals surface area contributed by atoms with Crippen LogP contribution in [-0.2, 0) is 14.3 Å². The summed E-state index contributed by atoms with van der Waals surface area (Å²) in [5, 5.41) is -1.18. The van der Waals surface area contributed by atoms with Gasteiger partial charge in [0, 0.05) is 0 Å². The molecule has 0 fully saturated rings. The van der Waals surface area contributed by atoms with E-state index >= 15 is 0 Å². The average Bonchev–Trinajstić information content (AvgIpc) is 2.15. The summed E-state index contributed by atoms with van der Waals surface area (Å²) < 4.78 is 27.1. The first-order chi connectivity index (χ1) is 6.81. The number of rotatable bonds is 2. The molecule has 0 aliphatic rings. The van der Waals surface area contributed by atoms with Crippen LogP contribution in [0.2, 0.25) is 20.4 Å². The summed E-state index contributed by atoms with van der Waals surface area (Å²) in [4.78, 5) is 3.04. The molecule has 1 heterocycles. The van der Waals surface area contributed by atoms with Gasteiger partial charge in [-0.15, -0.1) is 0 Å². The molecule has 0 spiro atoms. The molecule has 0 atom stereocenters. The van der Waals surface area contributed by atoms with Gasteiger partial charge in [0.15, 0.2) is 10.3 Å². The van der Waals surface area contributed by atoms with Crippen molar-refractivity contribution < 1.29 is 12.6 Å². The molecule has 84 valence electrons. The summed E-state index contributed by atoms with van der Waals surface area (Å²) in [5.74, 6) is 0. The minimum atomic E-state index is -4.08. The summed E-state index contributed by atoms with van der Waals surface area (Å²) in [5.41, 5.74) is 0. The number of nitrogens with zero attached hydrogens (tertiary/aromatic N) is 1. The van der Waals surface area contributed by atoms with Crippen molar-refractivity contribution >= 4 is 56.5 Å². The van der Waals surface area contributed by atoms with Crippen molar-refractivity contribution in [2.75, 3.05) is 7.11 Å². The van der Waals surface area contributed by atoms with Crippen LogP contribution in [0, 0.1) is 0 Å². The zero-order valence-corrected chi connectivity index (χ0v) is 10.9. The molecule has 9 heteroatoms. The Bertz CT molecular complexity index is 475. The molecule has 0 aromatic carbocycles. The standard InChI is InChI=1S/C6H3Cl4NO3S/c1-14-15(12,13)4-2(7)5(9)11-6(10)3(4)8/h1H3. The minimum Gasteiger partial charge on any atom is -0.270 e. The van der Waals surface area contributed by atoms with Crippen molar-refractivity contribution in [3.63, 3.8) is 0 Å². The zero-order chi connectivity index (χ0) is 11.8. The smallest absolute Gasteiger partial charge is 0.270 e. The van der Waals surface area contributed by atoms with Gasteiger partial charge in [0.25, 0.3) is 10.1 Å². The molecule has 0 saturated carbocycles. The summed E-state index contributed by atoms with van der Waals surface area (Å²) in [6.45, 7) is 0. The molecular formula is C6H3Cl4NO3S. The Labute approximate surface area is 106 Å². The Kier molecular flexibility index (Phi) is 4.08. The Morgan fingerprint density at radius 3 is 1.80 bits per heavy atom. The molecule has 1 rings (SSSR count). The average molecular weight is 311 g/mol. The predicted molar refractivity (Wildman–Crippen MR) is 58.5 cm³/mol. The Morgan fingerprint density at radius 1 is 1.07 bits per heavy atom. The fraction of sp³-hybridized carbons (Fsp3) is 0.167. The van der Waals surface area contributed by atoms with Gasteiger partial charge in [-0.1, -0.05) is 46.4 Å². The molecule has 0 amide bonds. The lowest BCUT2D eigenvalue weighted by Gasteiger charge is -2.08. The van der Waals surface area contributed by atoms with E-state index in [1.54, 1.807) is 0 Å². The van der Waals surface area contributed by atoms with E-state index in [0.29, 0.717) is 0 Å². The Morgan fingerprint density at radius 2 is 1.47 bits per heavy atom. The molecular weight excluding hydrogens is 308 g/mol. The Hall–Kier alpha value is 0.220. The van der Waals surface area contributed by atoms with Crippen molar-refractivity contribution in [3.05, 3.63) is 20.4 Å². The molecule has 0 bridgehead atoms. The third kappa shape index (κ3) is 2.49. The van der Waals surface area contributed by atoms with Crippen LogP contribution < -0.4 is 0 Å². The highest BCUT2D eigenvalue weighted by Crippen LogP contribution is 2.38. The monoisotopic (exact) mass is 309 g/mol. The lowest BCUT2D eigenvalue weighted by atomic mass is 10.5. The third-order valence-corrected chi connectivity index (χ3v) is 4.47. The molecule has 0 aliphatic heterocycles. The van der Waals surface area contributed by atoms with Crippen LogP contribution >= 0.6 is 46.4 Å². The van der Waals surface area contributed by atoms with E-state index in [9.17, 15) is 8.42 Å². The SMILES string of the molecule is COS(=O)(=O)c1c(Cl)c(Cl)nc(Cl)c1Cl. The molecule has 0 saturated heterocycles. The minimum absolute atomic E-state index is 0.262. The number of aromatic nitrogens is 1. The van der Waals surface area contributed by atoms with Crippen LogP contribution in [0.3, 0.4) is 0 Å². The van der Waals surface area contributed by atoms with E-state index in [1.165, 1.54) is 0 Å². The van der Waals surface area contributed by atoms with Gasteiger partial charge in [-0.3, -0.25) is 4.18 Å². The summed E-state index contributed by atoms with van der Waals surface area (Å²) in [6, 6.07) is 0. The highest BCUT2D eigenvalue weighted by molar-refractivity contribution is 7.87. The summed E-state index contributed by atoms with van der Waals surface area (Å²) in [7, 11) is -3.11. The van der Waals surface area contributed by atoms with Gasteiger partial charge in [0.2, 0.25) is 0 Å². The lowest BCUT2D eigenvalue weighted by Crippen LogP contribution is -2.06. The molecule has 0 aliphatic carbocycles. The molecule has 0 unspecified atom stereocenters. The second kappa shape index (κ2) is 4.61. The van der Waals surface area contributed by atoms with E-state index < -0.39 is 15.0 Å². The first-order valence-electron chi connectivity index (χ1n) is 3.32. The molecule has 4 nitrogen and oxygen atoms in total. The number of pyridine rings is 1. The van der Waals surface area contributed by atoms with Gasteiger partial charge in [-0.2, -0.15) is 8.42 Å². The maximum absolute atomic E-state index is 11.4. The van der Waals surface area contributed by atoms with Crippen molar-refractivity contribution in [2.24, 2.45) is 0 Å². The predicted octanol–water partition coefficient (Wildman–Crippen LogP) is 3.03. The largest absolute Gasteiger partial charge is 0.299 e. The number of hydrogen-bond donors (Lipinski definition) is 0. The van der Waals surface area contributed by atoms with E-state index in [1.807, 2.05) is 0 Å². The van der Waals surface area contributed by atoms with E-state index in [0.717, 1.165) is 7.11 Å². The maximum Gasteiger partial charge on any atom is 0.299 e. The van der Waals surface area contributed by atoms with E-state index in [2.05, 4.69) is 9.17 Å². The van der Waals surface area contributed by atoms with Gasteiger partial charge in [-0.25, -0.2) is 4.98 Å². The van der Waals surface area contributed by atoms with Crippen LogP contribution in [-0.4, -0.2) is 20.5 Å². The van der Waals surface area contributed by atoms with Gasteiger partial charge in [-0.05, 0) is 0 Å². The fourth-order valence-corrected chi connectivity index (χ4v) is 2.97. The van der Waals surface area contributed by atoms with Crippen molar-refractivity contribution in [2.45, 2.75) is 4.90 Å². The first kappa shape index (κ1) is 13.3. The van der Waals surface area contributed by atoms with Crippen LogP contribution in [0.25, 0.3) is 0 Å². The van der Waals surface area contributed by atoms with Crippen molar-refractivity contribution in [1.82, 2.24) is 4.98 Å². The highest BCUT2D eigenvalue weighted by atomic mass is 35.5. The van der Waals surface area contributed by atoms with Crippen molar-refractivity contribution in [1.29, 1.82) is 0 Å². The lowest BCUT2D eigenvalue weighted by molar-refractivity contribution is 0.398. The molecule has 1 aromatic heterocycles. The summed E-state index contributed by atoms with van der Waals surface area (Å²) in [6.07, 6.45) is 0. The normalized spacial score (nSPS) is 11.8. The van der Waals surface area contributed by atoms with Gasteiger partial charge >= 0.3 is 0 Å². The molecule has 0 N–H and O–H groups in total. The maximum atomic E-state index is 11.4. The topological polar surface area (TPSA) is 56.3 Å². The highest BCUT2D eigenvalue weighted by Gasteiger charge is 2.26. The van der Waals surface area contributed by atoms with E-state index in [4.69, 9.17) is 46.4 Å². The molecule has 0 radical (unpaired) electrons. The molecule has 15 heavy (non-hydrogen) atoms. The zero-order valence-electron chi connectivity index (χ0n) is 7.09. The Balaban J connectivity index is 3.68. The second-order valence-corrected chi connectivity index (χ2v) is 5.39. The van der Waals surface area contributed by atoms with Gasteiger partial charge in [0.05, 0.1) is 7.11 Å². The van der Waals surface area contributed by atoms with E-state index in [-0.39, 0.29) is 20.4 Å². The summed E-state index contributed by atoms with van der Waals surface area (Å²) >= 11 is 22.4. The van der Waals surface area contributed by atoms with Crippen LogP contribution in [0.5, 0.6) is 0 Å². The van der Waals surface area contributed by atoms with Crippen LogP contribution in [0.4, 0.5) is 0 Å². The molecule has 1 aromatic rings. The second-order valence-electron chi connectivity index (χ2n) is 2.27. The third-order valence-electron chi connectivity index (χ3n) is 1.43. The number of hydrogen-bond acceptors (Lipinski definition) is 4. The van der Waals surface area contributed by atoms with Gasteiger partial charge < -0.3 is 0 Å². The van der Waals surface area contributed by atoms with Crippen LogP contribution in [0.1, 0.15) is 0 Å². The van der Waals surface area contributed by atoms with Gasteiger partial charge in [0.1, 0.15) is 14.9 Å². The van der Waals surface area contributed by atoms with Crippen molar-refractivity contribution in [3.8, 4) is 0 Å².